The van der Waals surface area contributed by atoms with Crippen LogP contribution in [0.4, 0.5) is 0 Å². The molecule has 1 nitrogen and oxygen atoms in total. The lowest BCUT2D eigenvalue weighted by Gasteiger charge is -2.16. The quantitative estimate of drug-likeness (QED) is 0.372. The molecule has 1 rings (SSSR count). The minimum Gasteiger partial charge on any atom is -0.272 e. The second kappa shape index (κ2) is 7.43. The van der Waals surface area contributed by atoms with E-state index < -0.39 is 0 Å². The lowest BCUT2D eigenvalue weighted by Crippen LogP contribution is -2.09. The zero-order valence-electron chi connectivity index (χ0n) is 8.59. The summed E-state index contributed by atoms with van der Waals surface area (Å²) in [5, 5.41) is 0. The summed E-state index contributed by atoms with van der Waals surface area (Å²) in [6.07, 6.45) is 9.30. The molecule has 2 heteroatoms. The normalized spacial score (nSPS) is 19.8. The van der Waals surface area contributed by atoms with Crippen LogP contribution in [0.1, 0.15) is 51.9 Å². The number of thioether (sulfide) groups is 1. The minimum atomic E-state index is 0.600. The second-order valence-corrected chi connectivity index (χ2v) is 4.59. The summed E-state index contributed by atoms with van der Waals surface area (Å²) in [5.41, 5.74) is 3.13. The van der Waals surface area contributed by atoms with Gasteiger partial charge in [0.1, 0.15) is 5.55 Å². The fourth-order valence-corrected chi connectivity index (χ4v) is 2.33. The van der Waals surface area contributed by atoms with Gasteiger partial charge in [-0.15, -0.1) is 11.8 Å². The van der Waals surface area contributed by atoms with Crippen LogP contribution in [0.2, 0.25) is 0 Å². The zero-order valence-corrected chi connectivity index (χ0v) is 9.41. The average Bonchev–Trinajstić information content (AvgIpc) is 2.19. The summed E-state index contributed by atoms with van der Waals surface area (Å²) in [4.78, 5) is 4.47. The van der Waals surface area contributed by atoms with Gasteiger partial charge in [-0.2, -0.15) is 0 Å². The van der Waals surface area contributed by atoms with E-state index in [-0.39, 0.29) is 0 Å². The van der Waals surface area contributed by atoms with Crippen molar-refractivity contribution in [3.05, 3.63) is 0 Å². The van der Waals surface area contributed by atoms with E-state index in [0.29, 0.717) is 6.04 Å². The Kier molecular flexibility index (Phi) is 6.34. The third kappa shape index (κ3) is 5.35. The molecule has 0 heterocycles. The highest BCUT2D eigenvalue weighted by atomic mass is 32.2. The van der Waals surface area contributed by atoms with Gasteiger partial charge in [0, 0.05) is 0 Å². The van der Waals surface area contributed by atoms with E-state index >= 15 is 0 Å². The van der Waals surface area contributed by atoms with Gasteiger partial charge < -0.3 is 0 Å². The maximum atomic E-state index is 4.47. The van der Waals surface area contributed by atoms with Gasteiger partial charge in [0.2, 0.25) is 0 Å². The molecule has 13 heavy (non-hydrogen) atoms. The summed E-state index contributed by atoms with van der Waals surface area (Å²) in [7, 11) is 0. The Morgan fingerprint density at radius 2 is 2.08 bits per heavy atom. The van der Waals surface area contributed by atoms with E-state index in [4.69, 9.17) is 0 Å². The van der Waals surface area contributed by atoms with Crippen LogP contribution in [0.25, 0.3) is 0 Å². The molecule has 0 spiro atoms. The van der Waals surface area contributed by atoms with Crippen molar-refractivity contribution >= 4 is 17.3 Å². The van der Waals surface area contributed by atoms with Crippen molar-refractivity contribution in [1.29, 1.82) is 0 Å². The molecule has 1 radical (unpaired) electrons. The van der Waals surface area contributed by atoms with Gasteiger partial charge in [-0.3, -0.25) is 4.99 Å². The first-order chi connectivity index (χ1) is 6.43. The zero-order chi connectivity index (χ0) is 9.36. The van der Waals surface area contributed by atoms with Gasteiger partial charge in [0.15, 0.2) is 0 Å². The maximum absolute atomic E-state index is 4.47. The van der Waals surface area contributed by atoms with Crippen molar-refractivity contribution in [2.45, 2.75) is 57.9 Å². The van der Waals surface area contributed by atoms with E-state index in [9.17, 15) is 0 Å². The van der Waals surface area contributed by atoms with Crippen LogP contribution in [0.3, 0.4) is 0 Å². The molecule has 0 amide bonds. The number of unbranched alkanes of at least 4 members (excludes halogenated alkanes) is 1. The Balaban J connectivity index is 2.01. The predicted molar refractivity (Wildman–Crippen MR) is 61.7 cm³/mol. The highest BCUT2D eigenvalue weighted by Gasteiger charge is 2.10. The lowest BCUT2D eigenvalue weighted by atomic mass is 9.96. The summed E-state index contributed by atoms with van der Waals surface area (Å²) in [6.45, 7) is 2.22. The molecule has 0 atom stereocenters. The lowest BCUT2D eigenvalue weighted by molar-refractivity contribution is 0.445. The van der Waals surface area contributed by atoms with Gasteiger partial charge in [0.25, 0.3) is 0 Å². The summed E-state index contributed by atoms with van der Waals surface area (Å²) in [6, 6.07) is 0.600. The third-order valence-electron chi connectivity index (χ3n) is 2.47. The maximum Gasteiger partial charge on any atom is 0.123 e. The molecule has 75 valence electrons. The number of aliphatic imine (C=N–C) groups is 1. The summed E-state index contributed by atoms with van der Waals surface area (Å²) in [5.74, 6) is 1.19. The SMILES string of the molecule is CCCCS[C]=NC1CCCCC1. The van der Waals surface area contributed by atoms with Gasteiger partial charge in [-0.25, -0.2) is 0 Å². The van der Waals surface area contributed by atoms with Crippen LogP contribution >= 0.6 is 11.8 Å². The molecule has 0 N–H and O–H groups in total. The van der Waals surface area contributed by atoms with Crippen molar-refractivity contribution in [3.63, 3.8) is 0 Å². The fraction of sp³-hybridized carbons (Fsp3) is 0.909. The van der Waals surface area contributed by atoms with Crippen LogP contribution < -0.4 is 0 Å². The molecular weight excluding hydrogens is 178 g/mol. The Labute approximate surface area is 86.4 Å². The topological polar surface area (TPSA) is 12.4 Å². The Morgan fingerprint density at radius 3 is 2.77 bits per heavy atom. The number of hydrogen-bond donors (Lipinski definition) is 0. The summed E-state index contributed by atoms with van der Waals surface area (Å²) < 4.78 is 0. The van der Waals surface area contributed by atoms with E-state index in [1.54, 1.807) is 11.8 Å². The van der Waals surface area contributed by atoms with Crippen molar-refractivity contribution in [3.8, 4) is 0 Å². The number of hydrogen-bond acceptors (Lipinski definition) is 2. The van der Waals surface area contributed by atoms with E-state index in [1.807, 2.05) is 0 Å². The monoisotopic (exact) mass is 198 g/mol. The molecule has 0 aromatic heterocycles. The standard InChI is InChI=1S/C11H20NS/c1-2-3-9-13-10-12-11-7-5-4-6-8-11/h11H,2-9H2,1H3. The highest BCUT2D eigenvalue weighted by Crippen LogP contribution is 2.20. The molecule has 1 saturated carbocycles. The summed E-state index contributed by atoms with van der Waals surface area (Å²) >= 11 is 1.75. The Bertz CT molecular complexity index is 139. The van der Waals surface area contributed by atoms with Gasteiger partial charge >= 0.3 is 0 Å². The van der Waals surface area contributed by atoms with Gasteiger partial charge in [-0.1, -0.05) is 32.6 Å². The molecule has 1 aliphatic carbocycles. The van der Waals surface area contributed by atoms with Crippen LogP contribution in [0, 0.1) is 0 Å². The molecule has 1 aliphatic rings. The van der Waals surface area contributed by atoms with Crippen LogP contribution in [0.5, 0.6) is 0 Å². The van der Waals surface area contributed by atoms with Crippen LogP contribution in [-0.2, 0) is 0 Å². The molecule has 0 bridgehead atoms. The fourth-order valence-electron chi connectivity index (χ4n) is 1.58. The molecule has 0 unspecified atom stereocenters. The molecule has 0 aliphatic heterocycles. The molecule has 0 aromatic carbocycles. The minimum absolute atomic E-state index is 0.600. The van der Waals surface area contributed by atoms with E-state index in [0.717, 1.165) is 0 Å². The Hall–Kier alpha value is 0.0200. The van der Waals surface area contributed by atoms with Crippen molar-refractivity contribution in [1.82, 2.24) is 0 Å². The first kappa shape index (κ1) is 11.1. The molecule has 0 aromatic rings. The first-order valence-electron chi connectivity index (χ1n) is 5.50. The van der Waals surface area contributed by atoms with Crippen molar-refractivity contribution < 1.29 is 0 Å². The first-order valence-corrected chi connectivity index (χ1v) is 6.48. The smallest absolute Gasteiger partial charge is 0.123 e. The van der Waals surface area contributed by atoms with E-state index in [1.165, 1.54) is 50.7 Å². The van der Waals surface area contributed by atoms with Crippen LogP contribution in [-0.4, -0.2) is 17.3 Å². The second-order valence-electron chi connectivity index (χ2n) is 3.71. The predicted octanol–water partition coefficient (Wildman–Crippen LogP) is 3.76. The van der Waals surface area contributed by atoms with Gasteiger partial charge in [-0.05, 0) is 25.0 Å². The molecule has 0 saturated heterocycles. The number of nitrogens with zero attached hydrogens (tertiary/aromatic N) is 1. The van der Waals surface area contributed by atoms with Gasteiger partial charge in [0.05, 0.1) is 6.04 Å². The largest absolute Gasteiger partial charge is 0.272 e. The number of rotatable bonds is 5. The van der Waals surface area contributed by atoms with Crippen molar-refractivity contribution in [2.75, 3.05) is 5.75 Å². The Morgan fingerprint density at radius 1 is 1.31 bits per heavy atom. The molecular formula is C11H20NS. The highest BCUT2D eigenvalue weighted by molar-refractivity contribution is 8.12. The average molecular weight is 198 g/mol. The van der Waals surface area contributed by atoms with Crippen molar-refractivity contribution in [2.24, 2.45) is 4.99 Å². The van der Waals surface area contributed by atoms with Crippen LogP contribution in [0.15, 0.2) is 4.99 Å². The third-order valence-corrected chi connectivity index (χ3v) is 3.20. The molecule has 1 fully saturated rings. The van der Waals surface area contributed by atoms with E-state index in [2.05, 4.69) is 17.5 Å².